The van der Waals surface area contributed by atoms with Crippen LogP contribution in [-0.4, -0.2) is 9.38 Å². The number of anilines is 1. The molecule has 0 unspecified atom stereocenters. The summed E-state index contributed by atoms with van der Waals surface area (Å²) >= 11 is 0. The van der Waals surface area contributed by atoms with Gasteiger partial charge in [-0.2, -0.15) is 5.26 Å². The van der Waals surface area contributed by atoms with E-state index in [4.69, 9.17) is 5.26 Å². The van der Waals surface area contributed by atoms with Gasteiger partial charge in [0, 0.05) is 11.9 Å². The molecule has 2 heterocycles. The molecule has 0 spiro atoms. The number of rotatable bonds is 3. The molecule has 22 heavy (non-hydrogen) atoms. The number of fused-ring (bicyclic) bond motifs is 1. The number of nitrogens with zero attached hydrogens (tertiary/aromatic N) is 3. The van der Waals surface area contributed by atoms with Gasteiger partial charge in [0.05, 0.1) is 23.9 Å². The highest BCUT2D eigenvalue weighted by Crippen LogP contribution is 2.21. The van der Waals surface area contributed by atoms with Gasteiger partial charge in [-0.15, -0.1) is 0 Å². The third-order valence-electron chi connectivity index (χ3n) is 3.36. The first-order chi connectivity index (χ1) is 10.6. The summed E-state index contributed by atoms with van der Waals surface area (Å²) in [5.41, 5.74) is 2.15. The first kappa shape index (κ1) is 14.0. The first-order valence-electron chi connectivity index (χ1n) is 6.65. The van der Waals surface area contributed by atoms with Gasteiger partial charge in [0.2, 0.25) is 0 Å². The molecule has 1 aromatic carbocycles. The largest absolute Gasteiger partial charge is 0.375 e. The van der Waals surface area contributed by atoms with Crippen LogP contribution in [-0.2, 0) is 6.54 Å². The minimum absolute atomic E-state index is 0.0519. The molecule has 3 rings (SSSR count). The molecule has 0 fully saturated rings. The number of aryl methyl sites for hydroxylation is 1. The van der Waals surface area contributed by atoms with Crippen molar-refractivity contribution in [2.75, 3.05) is 5.32 Å². The number of imidazole rings is 1. The Morgan fingerprint density at radius 1 is 1.27 bits per heavy atom. The van der Waals surface area contributed by atoms with Crippen LogP contribution in [0.2, 0.25) is 0 Å². The average molecular weight is 298 g/mol. The summed E-state index contributed by atoms with van der Waals surface area (Å²) in [6.45, 7) is 2.13. The van der Waals surface area contributed by atoms with Crippen molar-refractivity contribution in [2.24, 2.45) is 0 Å². The summed E-state index contributed by atoms with van der Waals surface area (Å²) < 4.78 is 29.5. The smallest absolute Gasteiger partial charge is 0.150 e. The van der Waals surface area contributed by atoms with Crippen molar-refractivity contribution in [3.8, 4) is 6.07 Å². The molecule has 1 N–H and O–H groups in total. The molecule has 0 radical (unpaired) electrons. The highest BCUT2D eigenvalue weighted by Gasteiger charge is 2.12. The molecule has 6 heteroatoms. The van der Waals surface area contributed by atoms with Crippen LogP contribution in [0.15, 0.2) is 36.5 Å². The fourth-order valence-corrected chi connectivity index (χ4v) is 2.27. The second-order valence-corrected chi connectivity index (χ2v) is 4.91. The molecule has 110 valence electrons. The van der Waals surface area contributed by atoms with Gasteiger partial charge in [-0.1, -0.05) is 6.07 Å². The van der Waals surface area contributed by atoms with Crippen LogP contribution in [0, 0.1) is 29.9 Å². The zero-order valence-corrected chi connectivity index (χ0v) is 11.8. The van der Waals surface area contributed by atoms with Crippen molar-refractivity contribution < 1.29 is 8.78 Å². The Bertz CT molecular complexity index is 870. The van der Waals surface area contributed by atoms with Crippen molar-refractivity contribution in [1.29, 1.82) is 5.26 Å². The van der Waals surface area contributed by atoms with Crippen molar-refractivity contribution in [1.82, 2.24) is 9.38 Å². The fourth-order valence-electron chi connectivity index (χ4n) is 2.27. The molecule has 0 saturated carbocycles. The van der Waals surface area contributed by atoms with E-state index in [1.165, 1.54) is 0 Å². The van der Waals surface area contributed by atoms with E-state index in [-0.39, 0.29) is 17.8 Å². The predicted molar refractivity (Wildman–Crippen MR) is 78.3 cm³/mol. The molecule has 0 amide bonds. The summed E-state index contributed by atoms with van der Waals surface area (Å²) in [6.07, 6.45) is 1.82. The molecule has 3 aromatic rings. The van der Waals surface area contributed by atoms with Crippen LogP contribution in [0.3, 0.4) is 0 Å². The van der Waals surface area contributed by atoms with Crippen LogP contribution in [0.5, 0.6) is 0 Å². The van der Waals surface area contributed by atoms with Gasteiger partial charge < -0.3 is 9.72 Å². The molecular formula is C16H12F2N4. The molecule has 0 atom stereocenters. The van der Waals surface area contributed by atoms with E-state index in [9.17, 15) is 8.78 Å². The molecule has 0 saturated heterocycles. The number of benzene rings is 1. The number of aromatic nitrogens is 2. The highest BCUT2D eigenvalue weighted by molar-refractivity contribution is 5.51. The van der Waals surface area contributed by atoms with Crippen LogP contribution in [0.4, 0.5) is 14.5 Å². The van der Waals surface area contributed by atoms with E-state index in [2.05, 4.69) is 10.3 Å². The second-order valence-electron chi connectivity index (χ2n) is 4.91. The molecular weight excluding hydrogens is 286 g/mol. The molecule has 0 aliphatic carbocycles. The number of hydrogen-bond donors (Lipinski definition) is 1. The van der Waals surface area contributed by atoms with Crippen LogP contribution < -0.4 is 5.32 Å². The monoisotopic (exact) mass is 298 g/mol. The number of halogens is 2. The van der Waals surface area contributed by atoms with Crippen LogP contribution in [0.25, 0.3) is 5.65 Å². The Balaban J connectivity index is 1.85. The lowest BCUT2D eigenvalue weighted by Crippen LogP contribution is -2.04. The maximum absolute atomic E-state index is 13.8. The third-order valence-corrected chi connectivity index (χ3v) is 3.36. The van der Waals surface area contributed by atoms with E-state index in [1.807, 2.05) is 35.7 Å². The minimum atomic E-state index is -0.795. The van der Waals surface area contributed by atoms with E-state index in [0.717, 1.165) is 23.5 Å². The lowest BCUT2D eigenvalue weighted by Gasteiger charge is -2.07. The van der Waals surface area contributed by atoms with Gasteiger partial charge in [0.15, 0.2) is 11.6 Å². The first-order valence-corrected chi connectivity index (χ1v) is 6.65. The lowest BCUT2D eigenvalue weighted by atomic mass is 10.2. The maximum Gasteiger partial charge on any atom is 0.150 e. The van der Waals surface area contributed by atoms with Crippen molar-refractivity contribution in [2.45, 2.75) is 13.5 Å². The Labute approximate surface area is 125 Å². The number of nitrogens with one attached hydrogen (secondary N) is 1. The minimum Gasteiger partial charge on any atom is -0.375 e. The van der Waals surface area contributed by atoms with Crippen LogP contribution in [0.1, 0.15) is 17.0 Å². The molecule has 2 aromatic heterocycles. The lowest BCUT2D eigenvalue weighted by molar-refractivity contribution is 0.587. The standard InChI is InChI=1S/C16H12F2N4/c1-10-3-2-4-15-21-12(9-22(10)15)8-20-16-13(17)5-11(7-19)6-14(16)18/h2-6,9,20H,8H2,1H3. The summed E-state index contributed by atoms with van der Waals surface area (Å²) in [5, 5.41) is 11.4. The van der Waals surface area contributed by atoms with Gasteiger partial charge in [0.25, 0.3) is 0 Å². The molecule has 0 aliphatic heterocycles. The molecule has 0 bridgehead atoms. The Kier molecular flexibility index (Phi) is 3.47. The third kappa shape index (κ3) is 2.49. The number of pyridine rings is 1. The quantitative estimate of drug-likeness (QED) is 0.806. The average Bonchev–Trinajstić information content (AvgIpc) is 2.90. The summed E-state index contributed by atoms with van der Waals surface area (Å²) in [6, 6.07) is 9.42. The normalized spacial score (nSPS) is 10.6. The van der Waals surface area contributed by atoms with E-state index < -0.39 is 11.6 Å². The van der Waals surface area contributed by atoms with E-state index >= 15 is 0 Å². The second kappa shape index (κ2) is 5.45. The summed E-state index contributed by atoms with van der Waals surface area (Å²) in [5.74, 6) is -1.59. The topological polar surface area (TPSA) is 53.1 Å². The SMILES string of the molecule is Cc1cccc2nc(CNc3c(F)cc(C#N)cc3F)cn12. The maximum atomic E-state index is 13.8. The Hall–Kier alpha value is -2.94. The van der Waals surface area contributed by atoms with Gasteiger partial charge in [-0.3, -0.25) is 0 Å². The summed E-state index contributed by atoms with van der Waals surface area (Å²) in [4.78, 5) is 4.38. The Morgan fingerprint density at radius 2 is 2.00 bits per heavy atom. The van der Waals surface area contributed by atoms with E-state index in [1.54, 1.807) is 6.07 Å². The van der Waals surface area contributed by atoms with Crippen LogP contribution >= 0.6 is 0 Å². The number of nitriles is 1. The van der Waals surface area contributed by atoms with Crippen molar-refractivity contribution in [3.05, 3.63) is 65.1 Å². The van der Waals surface area contributed by atoms with Gasteiger partial charge in [0.1, 0.15) is 11.3 Å². The molecule has 4 nitrogen and oxygen atoms in total. The number of hydrogen-bond acceptors (Lipinski definition) is 3. The predicted octanol–water partition coefficient (Wildman–Crippen LogP) is 3.40. The summed E-state index contributed by atoms with van der Waals surface area (Å²) in [7, 11) is 0. The van der Waals surface area contributed by atoms with Gasteiger partial charge in [-0.25, -0.2) is 13.8 Å². The molecule has 0 aliphatic rings. The zero-order valence-electron chi connectivity index (χ0n) is 11.8. The van der Waals surface area contributed by atoms with Gasteiger partial charge >= 0.3 is 0 Å². The van der Waals surface area contributed by atoms with Crippen molar-refractivity contribution >= 4 is 11.3 Å². The van der Waals surface area contributed by atoms with E-state index in [0.29, 0.717) is 5.69 Å². The Morgan fingerprint density at radius 3 is 2.64 bits per heavy atom. The highest BCUT2D eigenvalue weighted by atomic mass is 19.1. The van der Waals surface area contributed by atoms with Crippen molar-refractivity contribution in [3.63, 3.8) is 0 Å². The van der Waals surface area contributed by atoms with Gasteiger partial charge in [-0.05, 0) is 31.2 Å². The fraction of sp³-hybridized carbons (Fsp3) is 0.125. The zero-order chi connectivity index (χ0) is 15.7.